The Kier molecular flexibility index (Phi) is 4.21. The molecule has 1 nitrogen and oxygen atoms in total. The summed E-state index contributed by atoms with van der Waals surface area (Å²) >= 11 is 3.55. The van der Waals surface area contributed by atoms with Crippen LogP contribution in [-0.2, 0) is 0 Å². The van der Waals surface area contributed by atoms with E-state index in [9.17, 15) is 0 Å². The second-order valence-electron chi connectivity index (χ2n) is 3.83. The molecule has 0 atom stereocenters. The second kappa shape index (κ2) is 5.87. The summed E-state index contributed by atoms with van der Waals surface area (Å²) in [5, 5.41) is 0. The molecular weight excluding hydrogens is 276 g/mol. The highest BCUT2D eigenvalue weighted by Crippen LogP contribution is 2.36. The molecule has 0 aromatic heterocycles. The first-order chi connectivity index (χ1) is 8.33. The third-order valence-corrected chi connectivity index (χ3v) is 3.13. The van der Waals surface area contributed by atoms with Crippen molar-refractivity contribution in [3.05, 3.63) is 53.0 Å². The number of ether oxygens (including phenoxy) is 1. The van der Waals surface area contributed by atoms with Crippen LogP contribution in [0.15, 0.2) is 53.0 Å². The van der Waals surface area contributed by atoms with Crippen molar-refractivity contribution < 1.29 is 4.74 Å². The summed E-state index contributed by atoms with van der Waals surface area (Å²) in [4.78, 5) is 0. The molecule has 0 saturated carbocycles. The molecule has 0 aliphatic carbocycles. The fraction of sp³-hybridized carbons (Fsp3) is 0.200. The molecule has 0 amide bonds. The Morgan fingerprint density at radius 1 is 1.00 bits per heavy atom. The second-order valence-corrected chi connectivity index (χ2v) is 4.69. The first-order valence-corrected chi connectivity index (χ1v) is 6.59. The predicted molar refractivity (Wildman–Crippen MR) is 75.4 cm³/mol. The van der Waals surface area contributed by atoms with Crippen molar-refractivity contribution in [1.82, 2.24) is 0 Å². The Morgan fingerprint density at radius 3 is 2.47 bits per heavy atom. The van der Waals surface area contributed by atoms with E-state index in [1.165, 1.54) is 5.56 Å². The zero-order valence-corrected chi connectivity index (χ0v) is 11.4. The van der Waals surface area contributed by atoms with Gasteiger partial charge in [-0.25, -0.2) is 0 Å². The number of benzene rings is 2. The first-order valence-electron chi connectivity index (χ1n) is 5.79. The molecule has 0 fully saturated rings. The van der Waals surface area contributed by atoms with Crippen LogP contribution in [-0.4, -0.2) is 6.61 Å². The lowest BCUT2D eigenvalue weighted by Crippen LogP contribution is -1.97. The van der Waals surface area contributed by atoms with Crippen LogP contribution in [0, 0.1) is 0 Å². The Balaban J connectivity index is 2.43. The fourth-order valence-corrected chi connectivity index (χ4v) is 2.19. The molecule has 0 spiro atoms. The Bertz CT molecular complexity index is 480. The molecule has 2 aromatic carbocycles. The molecule has 2 aromatic rings. The first kappa shape index (κ1) is 12.2. The normalized spacial score (nSPS) is 10.2. The maximum absolute atomic E-state index is 5.82. The SMILES string of the molecule is CCCOc1c(Br)cccc1-c1ccccc1. The molecule has 0 saturated heterocycles. The maximum atomic E-state index is 5.82. The highest BCUT2D eigenvalue weighted by molar-refractivity contribution is 9.10. The fourth-order valence-electron chi connectivity index (χ4n) is 1.70. The van der Waals surface area contributed by atoms with Crippen molar-refractivity contribution in [1.29, 1.82) is 0 Å². The molecule has 0 N–H and O–H groups in total. The topological polar surface area (TPSA) is 9.23 Å². The van der Waals surface area contributed by atoms with Gasteiger partial charge < -0.3 is 4.74 Å². The number of rotatable bonds is 4. The number of para-hydroxylation sites is 1. The van der Waals surface area contributed by atoms with E-state index >= 15 is 0 Å². The Morgan fingerprint density at radius 2 is 1.76 bits per heavy atom. The molecule has 0 unspecified atom stereocenters. The van der Waals surface area contributed by atoms with Gasteiger partial charge in [0.25, 0.3) is 0 Å². The average molecular weight is 291 g/mol. The molecule has 0 aliphatic rings. The zero-order valence-electron chi connectivity index (χ0n) is 9.82. The van der Waals surface area contributed by atoms with Crippen LogP contribution in [0.5, 0.6) is 5.75 Å². The van der Waals surface area contributed by atoms with Gasteiger partial charge in [0, 0.05) is 5.56 Å². The van der Waals surface area contributed by atoms with Crippen LogP contribution in [0.1, 0.15) is 13.3 Å². The van der Waals surface area contributed by atoms with Crippen molar-refractivity contribution in [2.24, 2.45) is 0 Å². The smallest absolute Gasteiger partial charge is 0.141 e. The molecule has 17 heavy (non-hydrogen) atoms. The van der Waals surface area contributed by atoms with Gasteiger partial charge in [-0.05, 0) is 34.0 Å². The minimum Gasteiger partial charge on any atom is -0.492 e. The van der Waals surface area contributed by atoms with Gasteiger partial charge in [0.1, 0.15) is 5.75 Å². The van der Waals surface area contributed by atoms with Gasteiger partial charge in [0.05, 0.1) is 11.1 Å². The standard InChI is InChI=1S/C15H15BrO/c1-2-11-17-15-13(9-6-10-14(15)16)12-7-4-3-5-8-12/h3-10H,2,11H2,1H3. The quantitative estimate of drug-likeness (QED) is 0.778. The number of hydrogen-bond donors (Lipinski definition) is 0. The van der Waals surface area contributed by atoms with Crippen LogP contribution in [0.25, 0.3) is 11.1 Å². The third-order valence-electron chi connectivity index (χ3n) is 2.50. The van der Waals surface area contributed by atoms with Gasteiger partial charge in [-0.2, -0.15) is 0 Å². The van der Waals surface area contributed by atoms with Crippen LogP contribution in [0.4, 0.5) is 0 Å². The molecule has 0 radical (unpaired) electrons. The number of hydrogen-bond acceptors (Lipinski definition) is 1. The lowest BCUT2D eigenvalue weighted by atomic mass is 10.1. The van der Waals surface area contributed by atoms with Crippen LogP contribution < -0.4 is 4.74 Å². The van der Waals surface area contributed by atoms with E-state index in [0.717, 1.165) is 28.8 Å². The lowest BCUT2D eigenvalue weighted by molar-refractivity contribution is 0.317. The van der Waals surface area contributed by atoms with Crippen LogP contribution in [0.3, 0.4) is 0 Å². The van der Waals surface area contributed by atoms with E-state index in [1.807, 2.05) is 30.3 Å². The van der Waals surface area contributed by atoms with E-state index in [1.54, 1.807) is 0 Å². The van der Waals surface area contributed by atoms with Crippen LogP contribution in [0.2, 0.25) is 0 Å². The molecule has 0 heterocycles. The van der Waals surface area contributed by atoms with E-state index < -0.39 is 0 Å². The average Bonchev–Trinajstić information content (AvgIpc) is 2.38. The molecule has 88 valence electrons. The van der Waals surface area contributed by atoms with E-state index in [-0.39, 0.29) is 0 Å². The maximum Gasteiger partial charge on any atom is 0.141 e. The minimum absolute atomic E-state index is 0.739. The largest absolute Gasteiger partial charge is 0.492 e. The van der Waals surface area contributed by atoms with Gasteiger partial charge in [-0.3, -0.25) is 0 Å². The summed E-state index contributed by atoms with van der Waals surface area (Å²) < 4.78 is 6.83. The molecule has 0 bridgehead atoms. The number of halogens is 1. The summed E-state index contributed by atoms with van der Waals surface area (Å²) in [6.07, 6.45) is 1.01. The van der Waals surface area contributed by atoms with Gasteiger partial charge in [0.15, 0.2) is 0 Å². The van der Waals surface area contributed by atoms with Crippen LogP contribution >= 0.6 is 15.9 Å². The van der Waals surface area contributed by atoms with Crippen molar-refractivity contribution in [3.63, 3.8) is 0 Å². The summed E-state index contributed by atoms with van der Waals surface area (Å²) in [6.45, 7) is 2.85. The molecule has 2 heteroatoms. The zero-order chi connectivity index (χ0) is 12.1. The van der Waals surface area contributed by atoms with E-state index in [0.29, 0.717) is 0 Å². The van der Waals surface area contributed by atoms with Gasteiger partial charge in [0.2, 0.25) is 0 Å². The Labute approximate surface area is 111 Å². The van der Waals surface area contributed by atoms with Gasteiger partial charge >= 0.3 is 0 Å². The van der Waals surface area contributed by atoms with E-state index in [2.05, 4.69) is 41.1 Å². The molecule has 2 rings (SSSR count). The van der Waals surface area contributed by atoms with Crippen molar-refractivity contribution in [2.75, 3.05) is 6.61 Å². The summed E-state index contributed by atoms with van der Waals surface area (Å²) in [5.74, 6) is 0.931. The van der Waals surface area contributed by atoms with Gasteiger partial charge in [-0.1, -0.05) is 49.4 Å². The monoisotopic (exact) mass is 290 g/mol. The highest BCUT2D eigenvalue weighted by Gasteiger charge is 2.09. The summed E-state index contributed by atoms with van der Waals surface area (Å²) in [7, 11) is 0. The lowest BCUT2D eigenvalue weighted by Gasteiger charge is -2.12. The van der Waals surface area contributed by atoms with Crippen molar-refractivity contribution in [2.45, 2.75) is 13.3 Å². The predicted octanol–water partition coefficient (Wildman–Crippen LogP) is 4.90. The molecular formula is C15H15BrO. The molecule has 0 aliphatic heterocycles. The van der Waals surface area contributed by atoms with Gasteiger partial charge in [-0.15, -0.1) is 0 Å². The highest BCUT2D eigenvalue weighted by atomic mass is 79.9. The van der Waals surface area contributed by atoms with E-state index in [4.69, 9.17) is 4.74 Å². The minimum atomic E-state index is 0.739. The Hall–Kier alpha value is -1.28. The van der Waals surface area contributed by atoms with Crippen molar-refractivity contribution in [3.8, 4) is 16.9 Å². The summed E-state index contributed by atoms with van der Waals surface area (Å²) in [5.41, 5.74) is 2.31. The third kappa shape index (κ3) is 2.89. The summed E-state index contributed by atoms with van der Waals surface area (Å²) in [6, 6.07) is 16.4. The van der Waals surface area contributed by atoms with Crippen molar-refractivity contribution >= 4 is 15.9 Å².